The molecule has 0 radical (unpaired) electrons. The summed E-state index contributed by atoms with van der Waals surface area (Å²) in [6.07, 6.45) is 4.71. The van der Waals surface area contributed by atoms with Crippen LogP contribution < -0.4 is 11.1 Å². The first kappa shape index (κ1) is 22.6. The highest BCUT2D eigenvalue weighted by atomic mass is 35.5. The molecule has 1 heterocycles. The third kappa shape index (κ3) is 4.49. The molecule has 1 aliphatic heterocycles. The van der Waals surface area contributed by atoms with E-state index in [1.165, 1.54) is 6.21 Å². The molecule has 4 N–H and O–H groups in total. The van der Waals surface area contributed by atoms with Crippen molar-refractivity contribution in [2.45, 2.75) is 63.5 Å². The van der Waals surface area contributed by atoms with Gasteiger partial charge in [-0.1, -0.05) is 30.2 Å². The molecule has 0 spiro atoms. The molecule has 1 amide bonds. The summed E-state index contributed by atoms with van der Waals surface area (Å²) in [7, 11) is 0. The number of ether oxygens (including phenoxy) is 1. The maximum Gasteiger partial charge on any atom is 0.410 e. The number of carbonyl (C=O) groups is 1. The van der Waals surface area contributed by atoms with Crippen LogP contribution in [0.1, 0.15) is 52.0 Å². The minimum absolute atomic E-state index is 0.237. The number of hydrogen-bond donors (Lipinski definition) is 3. The Bertz CT molecular complexity index is 809. The Hall–Kier alpha value is -2.05. The highest BCUT2D eigenvalue weighted by molar-refractivity contribution is 6.30. The topological polar surface area (TPSA) is 91.4 Å². The van der Waals surface area contributed by atoms with Crippen molar-refractivity contribution in [1.82, 2.24) is 10.2 Å². The quantitative estimate of drug-likeness (QED) is 0.587. The van der Waals surface area contributed by atoms with Gasteiger partial charge >= 0.3 is 6.09 Å². The largest absolute Gasteiger partial charge is 0.444 e. The second-order valence-electron chi connectivity index (χ2n) is 9.14. The van der Waals surface area contributed by atoms with E-state index in [2.05, 4.69) is 17.4 Å². The highest BCUT2D eigenvalue weighted by Gasteiger charge is 2.52. The minimum atomic E-state index is -0.578. The zero-order valence-electron chi connectivity index (χ0n) is 18.1. The molecular weight excluding hydrogens is 400 g/mol. The summed E-state index contributed by atoms with van der Waals surface area (Å²) in [5.41, 5.74) is 7.96. The molecule has 1 fully saturated rings. The third-order valence-corrected chi connectivity index (χ3v) is 6.26. The van der Waals surface area contributed by atoms with Crippen LogP contribution in [-0.4, -0.2) is 48.5 Å². The first-order chi connectivity index (χ1) is 14.2. The van der Waals surface area contributed by atoms with Crippen LogP contribution >= 0.6 is 11.6 Å². The summed E-state index contributed by atoms with van der Waals surface area (Å²) >= 11 is 6.15. The smallest absolute Gasteiger partial charge is 0.410 e. The van der Waals surface area contributed by atoms with Gasteiger partial charge in [0.15, 0.2) is 0 Å². The molecule has 0 aromatic heterocycles. The average Bonchev–Trinajstić information content (AvgIpc) is 2.65. The Morgan fingerprint density at radius 3 is 2.53 bits per heavy atom. The van der Waals surface area contributed by atoms with Gasteiger partial charge in [-0.25, -0.2) is 4.79 Å². The van der Waals surface area contributed by atoms with Crippen molar-refractivity contribution in [2.24, 2.45) is 5.73 Å². The fraction of sp³-hybridized carbons (Fsp3) is 0.565. The van der Waals surface area contributed by atoms with E-state index in [4.69, 9.17) is 27.5 Å². The second kappa shape index (κ2) is 8.98. The molecule has 1 atom stereocenters. The van der Waals surface area contributed by atoms with Crippen LogP contribution in [0.5, 0.6) is 0 Å². The Labute approximate surface area is 184 Å². The molecule has 0 saturated heterocycles. The van der Waals surface area contributed by atoms with E-state index >= 15 is 0 Å². The van der Waals surface area contributed by atoms with Crippen molar-refractivity contribution in [3.05, 3.63) is 46.1 Å². The number of carbonyl (C=O) groups excluding carboxylic acids is 1. The lowest BCUT2D eigenvalue weighted by Gasteiger charge is -2.54. The van der Waals surface area contributed by atoms with Crippen LogP contribution in [-0.2, 0) is 10.2 Å². The fourth-order valence-corrected chi connectivity index (χ4v) is 4.68. The van der Waals surface area contributed by atoms with Gasteiger partial charge in [-0.15, -0.1) is 0 Å². The van der Waals surface area contributed by atoms with Crippen molar-refractivity contribution in [1.29, 1.82) is 5.41 Å². The lowest BCUT2D eigenvalue weighted by Crippen LogP contribution is -2.61. The Morgan fingerprint density at radius 1 is 1.37 bits per heavy atom. The molecule has 1 aromatic rings. The molecule has 0 bridgehead atoms. The van der Waals surface area contributed by atoms with E-state index in [0.717, 1.165) is 36.1 Å². The highest BCUT2D eigenvalue weighted by Crippen LogP contribution is 2.51. The van der Waals surface area contributed by atoms with Crippen LogP contribution in [0.15, 0.2) is 35.5 Å². The first-order valence-corrected chi connectivity index (χ1v) is 11.0. The van der Waals surface area contributed by atoms with Gasteiger partial charge in [0.05, 0.1) is 6.04 Å². The maximum atomic E-state index is 13.3. The monoisotopic (exact) mass is 432 g/mol. The second-order valence-corrected chi connectivity index (χ2v) is 9.58. The maximum absolute atomic E-state index is 13.3. The zero-order chi connectivity index (χ0) is 21.9. The van der Waals surface area contributed by atoms with E-state index in [1.54, 1.807) is 0 Å². The molecule has 1 unspecified atom stereocenters. The zero-order valence-corrected chi connectivity index (χ0v) is 18.9. The normalized spacial score (nSPS) is 21.1. The summed E-state index contributed by atoms with van der Waals surface area (Å²) in [6, 6.07) is 7.71. The van der Waals surface area contributed by atoms with Crippen molar-refractivity contribution in [2.75, 3.05) is 19.6 Å². The third-order valence-electron chi connectivity index (χ3n) is 6.00. The summed E-state index contributed by atoms with van der Waals surface area (Å²) in [5.74, 6) is 0. The summed E-state index contributed by atoms with van der Waals surface area (Å²) in [5, 5.41) is 12.1. The van der Waals surface area contributed by atoms with E-state index < -0.39 is 5.60 Å². The van der Waals surface area contributed by atoms with Gasteiger partial charge in [0.2, 0.25) is 0 Å². The van der Waals surface area contributed by atoms with Crippen molar-refractivity contribution < 1.29 is 9.53 Å². The van der Waals surface area contributed by atoms with Gasteiger partial charge in [0.1, 0.15) is 5.60 Å². The van der Waals surface area contributed by atoms with E-state index in [1.807, 2.05) is 37.8 Å². The fourth-order valence-electron chi connectivity index (χ4n) is 4.55. The molecule has 6 nitrogen and oxygen atoms in total. The Morgan fingerprint density at radius 2 is 2.03 bits per heavy atom. The molecule has 1 saturated carbocycles. The predicted molar refractivity (Wildman–Crippen MR) is 121 cm³/mol. The van der Waals surface area contributed by atoms with Gasteiger partial charge in [-0.2, -0.15) is 0 Å². The van der Waals surface area contributed by atoms with Crippen LogP contribution in [0.25, 0.3) is 0 Å². The number of halogens is 1. The Kier molecular flexibility index (Phi) is 6.78. The number of amides is 1. The summed E-state index contributed by atoms with van der Waals surface area (Å²) in [4.78, 5) is 15.1. The average molecular weight is 433 g/mol. The van der Waals surface area contributed by atoms with Gasteiger partial charge in [0.25, 0.3) is 0 Å². The molecule has 30 heavy (non-hydrogen) atoms. The summed E-state index contributed by atoms with van der Waals surface area (Å²) in [6.45, 7) is 7.23. The first-order valence-electron chi connectivity index (χ1n) is 10.6. The molecule has 2 aliphatic rings. The molecule has 1 aliphatic carbocycles. The summed E-state index contributed by atoms with van der Waals surface area (Å²) < 4.78 is 5.78. The lowest BCUT2D eigenvalue weighted by molar-refractivity contribution is -0.000735. The van der Waals surface area contributed by atoms with Crippen LogP contribution in [0.2, 0.25) is 5.02 Å². The van der Waals surface area contributed by atoms with E-state index in [9.17, 15) is 4.79 Å². The predicted octanol–water partition coefficient (Wildman–Crippen LogP) is 4.22. The van der Waals surface area contributed by atoms with E-state index in [0.29, 0.717) is 31.1 Å². The number of rotatable bonds is 6. The number of nitrogens with zero attached hydrogens (tertiary/aromatic N) is 1. The van der Waals surface area contributed by atoms with Crippen LogP contribution in [0.3, 0.4) is 0 Å². The van der Waals surface area contributed by atoms with Crippen molar-refractivity contribution in [3.8, 4) is 0 Å². The number of nitrogens with one attached hydrogen (secondary N) is 2. The van der Waals surface area contributed by atoms with Gasteiger partial charge in [-0.05, 0) is 63.3 Å². The number of nitrogens with two attached hydrogens (primary N) is 1. The number of benzene rings is 1. The molecule has 3 rings (SSSR count). The van der Waals surface area contributed by atoms with Crippen molar-refractivity contribution in [3.63, 3.8) is 0 Å². The van der Waals surface area contributed by atoms with Gasteiger partial charge < -0.3 is 21.2 Å². The van der Waals surface area contributed by atoms with Crippen LogP contribution in [0, 0.1) is 5.41 Å². The SMILES string of the molecule is CC(C)(C)OC(=O)N1CCC(C=N)=C(NCCN)C1C1(c2ccc(Cl)cc2)CCC1. The standard InChI is InChI=1S/C23H33ClN4O2/c1-22(2,3)30-21(29)28-14-9-16(15-26)19(27-13-12-25)20(28)23(10-4-11-23)17-5-7-18(24)8-6-17/h5-8,15,20,26-27H,4,9-14,25H2,1-3H3. The molecule has 1 aromatic carbocycles. The van der Waals surface area contributed by atoms with E-state index in [-0.39, 0.29) is 17.6 Å². The molecule has 7 heteroatoms. The van der Waals surface area contributed by atoms with Gasteiger partial charge in [-0.3, -0.25) is 4.90 Å². The Balaban J connectivity index is 2.10. The number of hydrogen-bond acceptors (Lipinski definition) is 5. The minimum Gasteiger partial charge on any atom is -0.444 e. The molecule has 164 valence electrons. The van der Waals surface area contributed by atoms with Gasteiger partial charge in [0, 0.05) is 42.0 Å². The molecular formula is C23H33ClN4O2. The lowest BCUT2D eigenvalue weighted by atomic mass is 9.58. The van der Waals surface area contributed by atoms with Crippen LogP contribution in [0.4, 0.5) is 4.79 Å². The van der Waals surface area contributed by atoms with Crippen molar-refractivity contribution >= 4 is 23.9 Å².